The van der Waals surface area contributed by atoms with Gasteiger partial charge in [0.2, 0.25) is 0 Å². The maximum Gasteiger partial charge on any atom is 0.294 e. The molecule has 4 nitrogen and oxygen atoms in total. The smallest absolute Gasteiger partial charge is 0.294 e. The van der Waals surface area contributed by atoms with Crippen molar-refractivity contribution in [3.05, 3.63) is 35.4 Å². The van der Waals surface area contributed by atoms with Gasteiger partial charge in [-0.2, -0.15) is 8.42 Å². The van der Waals surface area contributed by atoms with E-state index in [1.54, 1.807) is 6.07 Å². The van der Waals surface area contributed by atoms with Crippen LogP contribution in [0.25, 0.3) is 5.70 Å². The molecular weight excluding hydrogens is 214 g/mol. The third-order valence-corrected chi connectivity index (χ3v) is 3.32. The fourth-order valence-electron chi connectivity index (χ4n) is 1.70. The van der Waals surface area contributed by atoms with E-state index < -0.39 is 10.1 Å². The summed E-state index contributed by atoms with van der Waals surface area (Å²) in [7, 11) is -4.14. The Hall–Kier alpha value is -1.33. The molecular formula is C10H11NO3S. The summed E-state index contributed by atoms with van der Waals surface area (Å²) in [6, 6.07) is 4.50. The molecule has 0 radical (unpaired) electrons. The SMILES string of the molecule is NC1=CCCc2ccc(S(=O)(=O)O)cc21. The average molecular weight is 225 g/mol. The summed E-state index contributed by atoms with van der Waals surface area (Å²) in [4.78, 5) is -0.112. The predicted octanol–water partition coefficient (Wildman–Crippen LogP) is 1.18. The molecule has 1 aromatic rings. The zero-order valence-electron chi connectivity index (χ0n) is 7.97. The molecule has 0 unspecified atom stereocenters. The Bertz CT molecular complexity index is 532. The third-order valence-electron chi connectivity index (χ3n) is 2.47. The van der Waals surface area contributed by atoms with Crippen LogP contribution in [0.2, 0.25) is 0 Å². The van der Waals surface area contributed by atoms with Crippen molar-refractivity contribution in [1.29, 1.82) is 0 Å². The van der Waals surface area contributed by atoms with E-state index in [4.69, 9.17) is 10.3 Å². The van der Waals surface area contributed by atoms with Gasteiger partial charge in [-0.15, -0.1) is 0 Å². The van der Waals surface area contributed by atoms with Crippen LogP contribution in [-0.2, 0) is 16.5 Å². The number of fused-ring (bicyclic) bond motifs is 1. The lowest BCUT2D eigenvalue weighted by molar-refractivity contribution is 0.483. The van der Waals surface area contributed by atoms with Gasteiger partial charge in [0.25, 0.3) is 10.1 Å². The Morgan fingerprint density at radius 2 is 2.07 bits per heavy atom. The number of nitrogens with two attached hydrogens (primary N) is 1. The number of aryl methyl sites for hydroxylation is 1. The molecule has 0 bridgehead atoms. The number of rotatable bonds is 1. The van der Waals surface area contributed by atoms with Crippen molar-refractivity contribution in [3.8, 4) is 0 Å². The van der Waals surface area contributed by atoms with Crippen molar-refractivity contribution in [1.82, 2.24) is 0 Å². The molecule has 0 heterocycles. The Labute approximate surface area is 88.2 Å². The van der Waals surface area contributed by atoms with Crippen molar-refractivity contribution in [2.45, 2.75) is 17.7 Å². The predicted molar refractivity (Wildman–Crippen MR) is 56.7 cm³/mol. The topological polar surface area (TPSA) is 80.4 Å². The van der Waals surface area contributed by atoms with Crippen molar-refractivity contribution in [3.63, 3.8) is 0 Å². The molecule has 0 aromatic heterocycles. The van der Waals surface area contributed by atoms with Crippen LogP contribution in [0, 0.1) is 0 Å². The van der Waals surface area contributed by atoms with Gasteiger partial charge in [0, 0.05) is 11.3 Å². The quantitative estimate of drug-likeness (QED) is 0.703. The normalized spacial score (nSPS) is 15.7. The van der Waals surface area contributed by atoms with Gasteiger partial charge in [0.15, 0.2) is 0 Å². The van der Waals surface area contributed by atoms with E-state index in [2.05, 4.69) is 0 Å². The first kappa shape index (κ1) is 10.2. The van der Waals surface area contributed by atoms with Crippen LogP contribution in [0.15, 0.2) is 29.2 Å². The van der Waals surface area contributed by atoms with E-state index in [1.165, 1.54) is 12.1 Å². The molecule has 1 aromatic carbocycles. The molecule has 0 atom stereocenters. The van der Waals surface area contributed by atoms with Crippen LogP contribution < -0.4 is 5.73 Å². The van der Waals surface area contributed by atoms with E-state index in [-0.39, 0.29) is 4.90 Å². The Kier molecular flexibility index (Phi) is 2.28. The second-order valence-corrected chi connectivity index (χ2v) is 4.91. The number of benzene rings is 1. The summed E-state index contributed by atoms with van der Waals surface area (Å²) in [6.07, 6.45) is 3.57. The maximum absolute atomic E-state index is 10.9. The highest BCUT2D eigenvalue weighted by molar-refractivity contribution is 7.85. The van der Waals surface area contributed by atoms with Gasteiger partial charge in [0.05, 0.1) is 4.90 Å². The lowest BCUT2D eigenvalue weighted by Crippen LogP contribution is -2.08. The third kappa shape index (κ3) is 1.88. The minimum atomic E-state index is -4.14. The van der Waals surface area contributed by atoms with Crippen molar-refractivity contribution in [2.24, 2.45) is 5.73 Å². The van der Waals surface area contributed by atoms with Gasteiger partial charge in [-0.25, -0.2) is 0 Å². The van der Waals surface area contributed by atoms with Gasteiger partial charge >= 0.3 is 0 Å². The molecule has 0 saturated heterocycles. The fraction of sp³-hybridized carbons (Fsp3) is 0.200. The van der Waals surface area contributed by atoms with Gasteiger partial charge in [-0.3, -0.25) is 4.55 Å². The zero-order chi connectivity index (χ0) is 11.1. The summed E-state index contributed by atoms with van der Waals surface area (Å²) >= 11 is 0. The molecule has 0 amide bonds. The first-order chi connectivity index (χ1) is 6.98. The van der Waals surface area contributed by atoms with E-state index in [0.29, 0.717) is 11.3 Å². The maximum atomic E-state index is 10.9. The van der Waals surface area contributed by atoms with Crippen molar-refractivity contribution >= 4 is 15.8 Å². The van der Waals surface area contributed by atoms with E-state index in [0.717, 1.165) is 18.4 Å². The molecule has 0 fully saturated rings. The molecule has 0 saturated carbocycles. The summed E-state index contributed by atoms with van der Waals surface area (Å²) in [5, 5.41) is 0. The first-order valence-corrected chi connectivity index (χ1v) is 5.99. The summed E-state index contributed by atoms with van der Waals surface area (Å²) in [6.45, 7) is 0. The molecule has 0 aliphatic heterocycles. The number of allylic oxidation sites excluding steroid dienone is 1. The average Bonchev–Trinajstić information content (AvgIpc) is 2.16. The Balaban J connectivity index is 2.61. The van der Waals surface area contributed by atoms with Crippen molar-refractivity contribution in [2.75, 3.05) is 0 Å². The van der Waals surface area contributed by atoms with E-state index >= 15 is 0 Å². The highest BCUT2D eigenvalue weighted by atomic mass is 32.2. The Morgan fingerprint density at radius 1 is 1.33 bits per heavy atom. The fourth-order valence-corrected chi connectivity index (χ4v) is 2.20. The summed E-state index contributed by atoms with van der Waals surface area (Å²) < 4.78 is 30.7. The van der Waals surface area contributed by atoms with Crippen molar-refractivity contribution < 1.29 is 13.0 Å². The standard InChI is InChI=1S/C10H11NO3S/c11-10-3-1-2-7-4-5-8(6-9(7)10)15(12,13)14/h3-6H,1-2,11H2,(H,12,13,14). The molecule has 5 heteroatoms. The monoisotopic (exact) mass is 225 g/mol. The van der Waals surface area contributed by atoms with Gasteiger partial charge < -0.3 is 5.73 Å². The second-order valence-electron chi connectivity index (χ2n) is 3.49. The minimum absolute atomic E-state index is 0.112. The van der Waals surface area contributed by atoms with Gasteiger partial charge in [-0.05, 0) is 30.5 Å². The lowest BCUT2D eigenvalue weighted by Gasteiger charge is -2.15. The number of hydrogen-bond acceptors (Lipinski definition) is 3. The molecule has 15 heavy (non-hydrogen) atoms. The largest absolute Gasteiger partial charge is 0.398 e. The van der Waals surface area contributed by atoms with Crippen LogP contribution in [0.1, 0.15) is 17.5 Å². The molecule has 1 aliphatic rings. The summed E-state index contributed by atoms with van der Waals surface area (Å²) in [5.74, 6) is 0. The highest BCUT2D eigenvalue weighted by Crippen LogP contribution is 2.25. The number of hydrogen-bond donors (Lipinski definition) is 2. The highest BCUT2D eigenvalue weighted by Gasteiger charge is 2.15. The molecule has 2 rings (SSSR count). The Morgan fingerprint density at radius 3 is 2.73 bits per heavy atom. The lowest BCUT2D eigenvalue weighted by atomic mass is 9.95. The van der Waals surface area contributed by atoms with Crippen LogP contribution in [0.3, 0.4) is 0 Å². The minimum Gasteiger partial charge on any atom is -0.398 e. The van der Waals surface area contributed by atoms with Crippen LogP contribution in [0.5, 0.6) is 0 Å². The molecule has 1 aliphatic carbocycles. The first-order valence-electron chi connectivity index (χ1n) is 4.55. The molecule has 80 valence electrons. The molecule has 0 spiro atoms. The van der Waals surface area contributed by atoms with E-state index in [1.807, 2.05) is 6.08 Å². The van der Waals surface area contributed by atoms with Crippen LogP contribution >= 0.6 is 0 Å². The molecule has 3 N–H and O–H groups in total. The summed E-state index contributed by atoms with van der Waals surface area (Å²) in [5.41, 5.74) is 8.04. The van der Waals surface area contributed by atoms with Crippen LogP contribution in [0.4, 0.5) is 0 Å². The van der Waals surface area contributed by atoms with E-state index in [9.17, 15) is 8.42 Å². The second kappa shape index (κ2) is 3.36. The zero-order valence-corrected chi connectivity index (χ0v) is 8.79. The van der Waals surface area contributed by atoms with Gasteiger partial charge in [0.1, 0.15) is 0 Å². The van der Waals surface area contributed by atoms with Gasteiger partial charge in [-0.1, -0.05) is 12.1 Å². The van der Waals surface area contributed by atoms with Crippen LogP contribution in [-0.4, -0.2) is 13.0 Å².